The quantitative estimate of drug-likeness (QED) is 0.105. The normalized spacial score (nSPS) is 12.7. The fourth-order valence-electron chi connectivity index (χ4n) is 16.3. The molecule has 96 heavy (non-hydrogen) atoms. The first-order chi connectivity index (χ1) is 47.3. The van der Waals surface area contributed by atoms with Crippen molar-refractivity contribution >= 4 is 111 Å². The topological polar surface area (TPSA) is 11.4 Å². The molecule has 1 aromatic heterocycles. The van der Waals surface area contributed by atoms with Gasteiger partial charge in [0.1, 0.15) is 0 Å². The third kappa shape index (κ3) is 8.68. The molecule has 17 aromatic rings. The van der Waals surface area contributed by atoms with Crippen LogP contribution in [-0.2, 0) is 5.41 Å². The minimum Gasteiger partial charge on any atom is -0.310 e. The highest BCUT2D eigenvalue weighted by molar-refractivity contribution is 7.00. The van der Waals surface area contributed by atoms with Crippen molar-refractivity contribution in [3.63, 3.8) is 0 Å². The van der Waals surface area contributed by atoms with Crippen LogP contribution in [0, 0.1) is 0 Å². The van der Waals surface area contributed by atoms with E-state index in [0.29, 0.717) is 0 Å². The summed E-state index contributed by atoms with van der Waals surface area (Å²) in [5, 5.41) is 10.1. The van der Waals surface area contributed by atoms with Gasteiger partial charge >= 0.3 is 0 Å². The number of hydrogen-bond donors (Lipinski definition) is 0. The number of fused-ring (bicyclic) bond motifs is 7. The molecule has 0 bridgehead atoms. The smallest absolute Gasteiger partial charge is 0.252 e. The van der Waals surface area contributed by atoms with E-state index >= 15 is 0 Å². The van der Waals surface area contributed by atoms with Gasteiger partial charge < -0.3 is 14.4 Å². The maximum atomic E-state index is 2.69. The largest absolute Gasteiger partial charge is 0.310 e. The fraction of sp³-hybridized carbons (Fsp3) is 0.0435. The summed E-state index contributed by atoms with van der Waals surface area (Å²) in [6, 6.07) is 126. The minimum atomic E-state index is -0.245. The maximum absolute atomic E-state index is 2.69. The number of nitrogens with zero attached hydrogens (tertiary/aromatic N) is 3. The molecule has 0 N–H and O–H groups in total. The maximum Gasteiger partial charge on any atom is 0.252 e. The lowest BCUT2D eigenvalue weighted by Gasteiger charge is -2.46. The third-order valence-electron chi connectivity index (χ3n) is 20.7. The molecule has 0 radical (unpaired) electrons. The first-order valence-corrected chi connectivity index (χ1v) is 33.6. The summed E-state index contributed by atoms with van der Waals surface area (Å²) in [5.74, 6) is 0. The van der Waals surface area contributed by atoms with Crippen LogP contribution in [0.4, 0.5) is 34.1 Å². The number of rotatable bonds is 9. The van der Waals surface area contributed by atoms with E-state index in [1.807, 2.05) is 0 Å². The van der Waals surface area contributed by atoms with Crippen LogP contribution in [0.1, 0.15) is 26.3 Å². The molecule has 3 nitrogen and oxygen atoms in total. The van der Waals surface area contributed by atoms with Gasteiger partial charge in [-0.3, -0.25) is 0 Å². The third-order valence-corrected chi connectivity index (χ3v) is 20.7. The highest BCUT2D eigenvalue weighted by Gasteiger charge is 2.46. The van der Waals surface area contributed by atoms with E-state index in [-0.39, 0.29) is 12.1 Å². The zero-order valence-electron chi connectivity index (χ0n) is 53.7. The van der Waals surface area contributed by atoms with Crippen LogP contribution in [0.25, 0.3) is 127 Å². The first kappa shape index (κ1) is 55.6. The molecule has 19 rings (SSSR count). The van der Waals surface area contributed by atoms with Crippen molar-refractivity contribution in [3.8, 4) is 72.4 Å². The van der Waals surface area contributed by atoms with Crippen molar-refractivity contribution < 1.29 is 0 Å². The number of benzene rings is 16. The average molecular weight is 1220 g/mol. The highest BCUT2D eigenvalue weighted by atomic mass is 15.2. The molecule has 0 atom stereocenters. The monoisotopic (exact) mass is 1220 g/mol. The van der Waals surface area contributed by atoms with Crippen molar-refractivity contribution in [3.05, 3.63) is 339 Å². The van der Waals surface area contributed by atoms with Gasteiger partial charge in [0, 0.05) is 61.5 Å². The van der Waals surface area contributed by atoms with Crippen molar-refractivity contribution in [1.29, 1.82) is 0 Å². The lowest BCUT2D eigenvalue weighted by Crippen LogP contribution is -2.61. The molecular weight excluding hydrogens is 1160 g/mol. The Kier molecular flexibility index (Phi) is 12.6. The standard InChI is InChI=1S/C92H64BN3/c1-92(2,3)69-48-43-59(44-49-69)68-56-85-89-86(57-68)96(91-74(62-27-12-6-13-28-62)37-22-38-75(91)63-29-14-7-15-30-63)84-58-70(94-81-39-18-16-33-76(81)77-34-17-19-40-82(77)94)50-53-79(84)93(89)80-55-67(71-51-45-66-42-41-64-31-20-32-65-46-52-78(71)88(66)87(64)65)47-54-83(80)95(85)90-72(60-23-8-4-9-24-60)35-21-36-73(90)61-25-10-5-11-26-61/h4-58H,1-3H3. The Morgan fingerprint density at radius 2 is 0.729 bits per heavy atom. The predicted octanol–water partition coefficient (Wildman–Crippen LogP) is 23.1. The zero-order chi connectivity index (χ0) is 63.8. The van der Waals surface area contributed by atoms with Crippen molar-refractivity contribution in [2.75, 3.05) is 9.80 Å². The summed E-state index contributed by atoms with van der Waals surface area (Å²) in [6.45, 7) is 6.68. The van der Waals surface area contributed by atoms with E-state index in [9.17, 15) is 0 Å². The molecule has 16 aromatic carbocycles. The van der Waals surface area contributed by atoms with E-state index in [1.54, 1.807) is 0 Å². The SMILES string of the molecule is CC(C)(C)c1ccc(-c2cc3c4c(c2)N(c2c(-c5ccccc5)cccc2-c2ccccc2)c2cc(-n5c6ccccc6c6ccccc65)ccc2B4c2cc(-c4ccc5ccc6cccc7ccc4c5c67)ccc2N3c2c(-c3ccccc3)cccc2-c2ccccc2)cc1. The number of para-hydroxylation sites is 4. The van der Waals surface area contributed by atoms with Gasteiger partial charge in [0.05, 0.1) is 22.4 Å². The summed E-state index contributed by atoms with van der Waals surface area (Å²) in [5.41, 5.74) is 29.0. The van der Waals surface area contributed by atoms with Gasteiger partial charge in [-0.1, -0.05) is 312 Å². The minimum absolute atomic E-state index is 0.0386. The van der Waals surface area contributed by atoms with Gasteiger partial charge in [-0.15, -0.1) is 0 Å². The predicted molar refractivity (Wildman–Crippen MR) is 410 cm³/mol. The van der Waals surface area contributed by atoms with Crippen LogP contribution in [0.2, 0.25) is 0 Å². The van der Waals surface area contributed by atoms with Crippen LogP contribution in [0.5, 0.6) is 0 Å². The molecule has 0 unspecified atom stereocenters. The zero-order valence-corrected chi connectivity index (χ0v) is 53.7. The van der Waals surface area contributed by atoms with Crippen LogP contribution < -0.4 is 26.2 Å². The highest BCUT2D eigenvalue weighted by Crippen LogP contribution is 2.55. The summed E-state index contributed by atoms with van der Waals surface area (Å²) >= 11 is 0. The molecule has 0 saturated carbocycles. The molecule has 4 heteroatoms. The molecule has 0 saturated heterocycles. The first-order valence-electron chi connectivity index (χ1n) is 33.6. The Hall–Kier alpha value is -12.0. The molecule has 0 amide bonds. The van der Waals surface area contributed by atoms with E-state index in [2.05, 4.69) is 369 Å². The van der Waals surface area contributed by atoms with Crippen LogP contribution in [-0.4, -0.2) is 11.3 Å². The molecule has 0 fully saturated rings. The van der Waals surface area contributed by atoms with Gasteiger partial charge in [-0.25, -0.2) is 0 Å². The summed E-state index contributed by atoms with van der Waals surface area (Å²) in [4.78, 5) is 5.36. The summed E-state index contributed by atoms with van der Waals surface area (Å²) < 4.78 is 2.49. The van der Waals surface area contributed by atoms with Gasteiger partial charge in [0.2, 0.25) is 0 Å². The number of hydrogen-bond acceptors (Lipinski definition) is 2. The lowest BCUT2D eigenvalue weighted by atomic mass is 9.33. The second kappa shape index (κ2) is 21.8. The molecule has 2 aliphatic rings. The van der Waals surface area contributed by atoms with Gasteiger partial charge in [-0.05, 0) is 147 Å². The Morgan fingerprint density at radius 3 is 1.26 bits per heavy atom. The Bertz CT molecular complexity index is 5740. The average Bonchev–Trinajstić information content (AvgIpc) is 0.715. The van der Waals surface area contributed by atoms with Gasteiger partial charge in [0.15, 0.2) is 0 Å². The Labute approximate surface area is 560 Å². The lowest BCUT2D eigenvalue weighted by molar-refractivity contribution is 0.590. The molecule has 2 aliphatic heterocycles. The molecule has 0 spiro atoms. The van der Waals surface area contributed by atoms with Gasteiger partial charge in [-0.2, -0.15) is 0 Å². The Morgan fingerprint density at radius 1 is 0.271 bits per heavy atom. The second-order valence-electron chi connectivity index (χ2n) is 27.1. The van der Waals surface area contributed by atoms with E-state index in [1.165, 1.54) is 87.2 Å². The van der Waals surface area contributed by atoms with E-state index < -0.39 is 0 Å². The Balaban J connectivity index is 0.988. The number of aromatic nitrogens is 1. The van der Waals surface area contributed by atoms with E-state index in [0.717, 1.165) is 95.4 Å². The second-order valence-corrected chi connectivity index (χ2v) is 27.1. The van der Waals surface area contributed by atoms with Crippen LogP contribution in [0.3, 0.4) is 0 Å². The van der Waals surface area contributed by atoms with Crippen molar-refractivity contribution in [2.24, 2.45) is 0 Å². The van der Waals surface area contributed by atoms with E-state index in [4.69, 9.17) is 0 Å². The van der Waals surface area contributed by atoms with Crippen molar-refractivity contribution in [2.45, 2.75) is 26.2 Å². The summed E-state index contributed by atoms with van der Waals surface area (Å²) in [7, 11) is 0. The fourth-order valence-corrected chi connectivity index (χ4v) is 16.3. The van der Waals surface area contributed by atoms with Crippen molar-refractivity contribution in [1.82, 2.24) is 4.57 Å². The van der Waals surface area contributed by atoms with Gasteiger partial charge in [0.25, 0.3) is 6.71 Å². The van der Waals surface area contributed by atoms with Crippen LogP contribution in [0.15, 0.2) is 334 Å². The van der Waals surface area contributed by atoms with Crippen LogP contribution >= 0.6 is 0 Å². The molecule has 3 heterocycles. The molecule has 0 aliphatic carbocycles. The molecule has 450 valence electrons. The molecular formula is C92H64BN3. The summed E-state index contributed by atoms with van der Waals surface area (Å²) in [6.07, 6.45) is 0. The number of anilines is 6.